The second-order valence-electron chi connectivity index (χ2n) is 8.89. The number of carbonyl (C=O) groups is 1. The second-order valence-corrected chi connectivity index (χ2v) is 8.89. The Balaban J connectivity index is 1.44. The Morgan fingerprint density at radius 2 is 1.43 bits per heavy atom. The van der Waals surface area contributed by atoms with Crippen LogP contribution in [0.3, 0.4) is 0 Å². The predicted molar refractivity (Wildman–Crippen MR) is 142 cm³/mol. The first-order valence-electron chi connectivity index (χ1n) is 12.4. The van der Waals surface area contributed by atoms with Gasteiger partial charge in [0.25, 0.3) is 0 Å². The standard InChI is InChI=1S/C29H29F5N2O4/c30-28(31,32)14-1-2-15-38-25-10-6-22(7-11-25)29(33,34)40-26-8-3-20(4-9-26)5-12-27(37)39-16-13-21-17-23(35)19-24(36)18-21/h3-12,17-19H,1-2,13-16,35-36H2/b12-5+. The number of benzene rings is 3. The molecule has 0 fully saturated rings. The van der Waals surface area contributed by atoms with Crippen molar-refractivity contribution >= 4 is 23.4 Å². The van der Waals surface area contributed by atoms with Gasteiger partial charge in [0.15, 0.2) is 0 Å². The van der Waals surface area contributed by atoms with Gasteiger partial charge in [-0.3, -0.25) is 0 Å². The van der Waals surface area contributed by atoms with Crippen LogP contribution in [-0.4, -0.2) is 25.4 Å². The topological polar surface area (TPSA) is 96.8 Å². The van der Waals surface area contributed by atoms with Gasteiger partial charge in [-0.1, -0.05) is 12.1 Å². The van der Waals surface area contributed by atoms with Gasteiger partial charge in [0.1, 0.15) is 11.5 Å². The molecule has 0 bridgehead atoms. The van der Waals surface area contributed by atoms with Gasteiger partial charge >= 0.3 is 18.3 Å². The number of carbonyl (C=O) groups excluding carboxylic acids is 1. The zero-order valence-corrected chi connectivity index (χ0v) is 21.4. The van der Waals surface area contributed by atoms with Crippen LogP contribution in [0, 0.1) is 0 Å². The lowest BCUT2D eigenvalue weighted by Gasteiger charge is -2.18. The maximum atomic E-state index is 14.6. The quantitative estimate of drug-likeness (QED) is 0.0772. The third-order valence-electron chi connectivity index (χ3n) is 5.52. The molecule has 11 heteroatoms. The number of nitrogens with two attached hydrogens (primary N) is 2. The van der Waals surface area contributed by atoms with Crippen molar-refractivity contribution in [3.8, 4) is 11.5 Å². The number of nitrogen functional groups attached to an aromatic ring is 2. The molecule has 214 valence electrons. The molecule has 6 nitrogen and oxygen atoms in total. The van der Waals surface area contributed by atoms with E-state index in [4.69, 9.17) is 25.7 Å². The average molecular weight is 565 g/mol. The van der Waals surface area contributed by atoms with E-state index >= 15 is 0 Å². The van der Waals surface area contributed by atoms with E-state index in [0.29, 0.717) is 23.4 Å². The third-order valence-corrected chi connectivity index (χ3v) is 5.52. The summed E-state index contributed by atoms with van der Waals surface area (Å²) in [7, 11) is 0. The molecule has 0 saturated heterocycles. The number of rotatable bonds is 13. The first kappa shape index (κ1) is 30.3. The molecule has 0 aliphatic rings. The highest BCUT2D eigenvalue weighted by molar-refractivity contribution is 5.87. The van der Waals surface area contributed by atoms with Crippen molar-refractivity contribution in [3.63, 3.8) is 0 Å². The number of esters is 1. The Bertz CT molecular complexity index is 1260. The summed E-state index contributed by atoms with van der Waals surface area (Å²) in [5.74, 6) is -0.413. The smallest absolute Gasteiger partial charge is 0.426 e. The monoisotopic (exact) mass is 564 g/mol. The molecular weight excluding hydrogens is 535 g/mol. The summed E-state index contributed by atoms with van der Waals surface area (Å²) in [6.07, 6.45) is -5.52. The highest BCUT2D eigenvalue weighted by Crippen LogP contribution is 2.33. The maximum absolute atomic E-state index is 14.6. The van der Waals surface area contributed by atoms with Crippen molar-refractivity contribution in [2.24, 2.45) is 0 Å². The predicted octanol–water partition coefficient (Wildman–Crippen LogP) is 6.89. The largest absolute Gasteiger partial charge is 0.494 e. The van der Waals surface area contributed by atoms with Crippen LogP contribution >= 0.6 is 0 Å². The number of alkyl halides is 5. The summed E-state index contributed by atoms with van der Waals surface area (Å²) in [5.41, 5.74) is 13.5. The molecule has 0 aliphatic carbocycles. The zero-order chi connectivity index (χ0) is 29.2. The van der Waals surface area contributed by atoms with E-state index < -0.39 is 30.2 Å². The minimum Gasteiger partial charge on any atom is -0.494 e. The van der Waals surface area contributed by atoms with E-state index in [-0.39, 0.29) is 37.6 Å². The molecule has 3 aromatic rings. The van der Waals surface area contributed by atoms with Crippen molar-refractivity contribution in [2.75, 3.05) is 24.7 Å². The van der Waals surface area contributed by atoms with Gasteiger partial charge in [-0.15, -0.1) is 0 Å². The highest BCUT2D eigenvalue weighted by Gasteiger charge is 2.34. The van der Waals surface area contributed by atoms with E-state index in [1.54, 1.807) is 18.2 Å². The maximum Gasteiger partial charge on any atom is 0.426 e. The van der Waals surface area contributed by atoms with E-state index in [1.165, 1.54) is 48.6 Å². The van der Waals surface area contributed by atoms with Crippen molar-refractivity contribution in [2.45, 2.75) is 38.0 Å². The Labute approximate surface area is 228 Å². The fourth-order valence-electron chi connectivity index (χ4n) is 3.59. The molecule has 0 radical (unpaired) electrons. The van der Waals surface area contributed by atoms with Gasteiger partial charge in [0.2, 0.25) is 0 Å². The number of hydrogen-bond donors (Lipinski definition) is 2. The van der Waals surface area contributed by atoms with Gasteiger partial charge < -0.3 is 25.7 Å². The number of halogens is 5. The van der Waals surface area contributed by atoms with Gasteiger partial charge in [-0.05, 0) is 84.6 Å². The first-order chi connectivity index (χ1) is 18.9. The summed E-state index contributed by atoms with van der Waals surface area (Å²) in [4.78, 5) is 12.0. The molecule has 0 aromatic heterocycles. The average Bonchev–Trinajstić information content (AvgIpc) is 2.87. The van der Waals surface area contributed by atoms with Crippen LogP contribution in [-0.2, 0) is 22.1 Å². The number of unbranched alkanes of at least 4 members (excludes halogenated alkanes) is 1. The van der Waals surface area contributed by atoms with Crippen molar-refractivity contribution < 1.29 is 41.0 Å². The fraction of sp³-hybridized carbons (Fsp3) is 0.276. The zero-order valence-electron chi connectivity index (χ0n) is 21.4. The van der Waals surface area contributed by atoms with E-state index in [1.807, 2.05) is 0 Å². The molecule has 0 amide bonds. The lowest BCUT2D eigenvalue weighted by atomic mass is 10.1. The van der Waals surface area contributed by atoms with Crippen LogP contribution in [0.1, 0.15) is 36.0 Å². The van der Waals surface area contributed by atoms with Crippen molar-refractivity contribution in [3.05, 3.63) is 89.5 Å². The molecule has 0 unspecified atom stereocenters. The molecule has 0 atom stereocenters. The Morgan fingerprint density at radius 1 is 0.800 bits per heavy atom. The molecule has 4 N–H and O–H groups in total. The van der Waals surface area contributed by atoms with E-state index in [2.05, 4.69) is 0 Å². The van der Waals surface area contributed by atoms with Gasteiger partial charge in [0.05, 0.1) is 18.8 Å². The number of anilines is 2. The van der Waals surface area contributed by atoms with Crippen LogP contribution in [0.4, 0.5) is 33.3 Å². The summed E-state index contributed by atoms with van der Waals surface area (Å²) >= 11 is 0. The normalized spacial score (nSPS) is 11.9. The Morgan fingerprint density at radius 3 is 2.05 bits per heavy atom. The lowest BCUT2D eigenvalue weighted by Crippen LogP contribution is -2.21. The van der Waals surface area contributed by atoms with Crippen molar-refractivity contribution in [1.29, 1.82) is 0 Å². The van der Waals surface area contributed by atoms with Crippen LogP contribution < -0.4 is 20.9 Å². The minimum absolute atomic E-state index is 0.0413. The Kier molecular flexibility index (Phi) is 10.4. The van der Waals surface area contributed by atoms with Crippen LogP contribution in [0.15, 0.2) is 72.8 Å². The molecule has 0 heterocycles. The second kappa shape index (κ2) is 13.7. The first-order valence-corrected chi connectivity index (χ1v) is 12.4. The van der Waals surface area contributed by atoms with Crippen molar-refractivity contribution in [1.82, 2.24) is 0 Å². The van der Waals surface area contributed by atoms with Gasteiger partial charge in [-0.2, -0.15) is 22.0 Å². The molecule has 3 aromatic carbocycles. The summed E-state index contributed by atoms with van der Waals surface area (Å²) < 4.78 is 81.0. The molecular formula is C29H29F5N2O4. The van der Waals surface area contributed by atoms with Gasteiger partial charge in [0, 0.05) is 30.3 Å². The summed E-state index contributed by atoms with van der Waals surface area (Å²) in [6, 6.07) is 15.6. The van der Waals surface area contributed by atoms with E-state index in [0.717, 1.165) is 17.7 Å². The van der Waals surface area contributed by atoms with Crippen LogP contribution in [0.5, 0.6) is 11.5 Å². The number of hydrogen-bond acceptors (Lipinski definition) is 6. The molecule has 0 saturated carbocycles. The summed E-state index contributed by atoms with van der Waals surface area (Å²) in [6.45, 7) is 0.169. The minimum atomic E-state index is -4.21. The number of ether oxygens (including phenoxy) is 3. The summed E-state index contributed by atoms with van der Waals surface area (Å²) in [5, 5.41) is 0. The highest BCUT2D eigenvalue weighted by atomic mass is 19.4. The van der Waals surface area contributed by atoms with Crippen LogP contribution in [0.25, 0.3) is 6.08 Å². The molecule has 3 rings (SSSR count). The molecule has 0 spiro atoms. The van der Waals surface area contributed by atoms with E-state index in [9.17, 15) is 26.7 Å². The van der Waals surface area contributed by atoms with Crippen LogP contribution in [0.2, 0.25) is 0 Å². The Hall–Kier alpha value is -4.28. The fourth-order valence-corrected chi connectivity index (χ4v) is 3.59. The SMILES string of the molecule is Nc1cc(N)cc(CCOC(=O)/C=C/c2ccc(OC(F)(F)c3ccc(OCCCCC(F)(F)F)cc3)cc2)c1. The molecule has 40 heavy (non-hydrogen) atoms. The molecule has 0 aliphatic heterocycles. The van der Waals surface area contributed by atoms with Gasteiger partial charge in [-0.25, -0.2) is 4.79 Å². The lowest BCUT2D eigenvalue weighted by molar-refractivity contribution is -0.185. The third kappa shape index (κ3) is 10.5.